The molecule has 1 unspecified atom stereocenters. The van der Waals surface area contributed by atoms with Crippen LogP contribution in [0.4, 0.5) is 5.69 Å². The molecular weight excluding hydrogens is 453 g/mol. The summed E-state index contributed by atoms with van der Waals surface area (Å²) in [6, 6.07) is 12.4. The van der Waals surface area contributed by atoms with E-state index in [0.717, 1.165) is 5.56 Å². The molecule has 1 N–H and O–H groups in total. The summed E-state index contributed by atoms with van der Waals surface area (Å²) >= 11 is 12.4. The molecule has 1 amide bonds. The molecule has 0 saturated carbocycles. The third kappa shape index (κ3) is 3.66. The highest BCUT2D eigenvalue weighted by atomic mass is 35.5. The summed E-state index contributed by atoms with van der Waals surface area (Å²) in [5.74, 6) is -1.05. The van der Waals surface area contributed by atoms with Gasteiger partial charge in [-0.15, -0.1) is 0 Å². The number of hydrogen-bond donors (Lipinski definition) is 1. The van der Waals surface area contributed by atoms with Gasteiger partial charge >= 0.3 is 0 Å². The number of amides is 1. The van der Waals surface area contributed by atoms with Crippen molar-refractivity contribution >= 4 is 46.3 Å². The molecule has 0 spiro atoms. The molecule has 6 nitrogen and oxygen atoms in total. The Morgan fingerprint density at radius 2 is 1.84 bits per heavy atom. The number of ether oxygens (including phenoxy) is 1. The Bertz CT molecular complexity index is 1280. The Morgan fingerprint density at radius 3 is 2.47 bits per heavy atom. The minimum Gasteiger partial charge on any atom is -0.507 e. The van der Waals surface area contributed by atoms with Crippen molar-refractivity contribution in [1.29, 1.82) is 0 Å². The number of aliphatic hydroxyl groups is 1. The van der Waals surface area contributed by atoms with Gasteiger partial charge in [0.1, 0.15) is 29.1 Å². The topological polar surface area (TPSA) is 80.0 Å². The van der Waals surface area contributed by atoms with E-state index < -0.39 is 23.5 Å². The maximum Gasteiger partial charge on any atom is 0.300 e. The number of Topliss-reactive ketones (excluding diaryl/α,β-unsaturated/α-hetero) is 1. The SMILES string of the molecule is COc1c(Cl)cc(Cl)cc1/C(O)=C1\C(=O)C(=O)N(c2cccc(C)c2)C1c1ccc(C)o1. The zero-order chi connectivity index (χ0) is 23.2. The Morgan fingerprint density at radius 1 is 1.09 bits per heavy atom. The number of carbonyl (C=O) groups is 2. The lowest BCUT2D eigenvalue weighted by Gasteiger charge is -2.24. The zero-order valence-electron chi connectivity index (χ0n) is 17.5. The van der Waals surface area contributed by atoms with Crippen LogP contribution in [0.5, 0.6) is 5.75 Å². The molecule has 1 saturated heterocycles. The lowest BCUT2D eigenvalue weighted by molar-refractivity contribution is -0.132. The molecule has 4 rings (SSSR count). The molecule has 1 aliphatic rings. The number of anilines is 1. The zero-order valence-corrected chi connectivity index (χ0v) is 19.0. The normalized spacial score (nSPS) is 17.8. The Balaban J connectivity index is 2.00. The first kappa shape index (κ1) is 22.0. The highest BCUT2D eigenvalue weighted by molar-refractivity contribution is 6.51. The van der Waals surface area contributed by atoms with Crippen LogP contribution in [0.25, 0.3) is 5.76 Å². The first-order valence-electron chi connectivity index (χ1n) is 9.70. The lowest BCUT2D eigenvalue weighted by atomic mass is 9.98. The van der Waals surface area contributed by atoms with E-state index in [2.05, 4.69) is 0 Å². The molecule has 1 aromatic heterocycles. The van der Waals surface area contributed by atoms with E-state index in [1.807, 2.05) is 13.0 Å². The van der Waals surface area contributed by atoms with Crippen molar-refractivity contribution < 1.29 is 23.8 Å². The van der Waals surface area contributed by atoms with Gasteiger partial charge in [-0.25, -0.2) is 0 Å². The van der Waals surface area contributed by atoms with E-state index in [1.165, 1.54) is 24.1 Å². The average Bonchev–Trinajstić information content (AvgIpc) is 3.28. The average molecular weight is 472 g/mol. The van der Waals surface area contributed by atoms with Crippen LogP contribution < -0.4 is 9.64 Å². The van der Waals surface area contributed by atoms with Crippen LogP contribution in [0.1, 0.15) is 28.7 Å². The molecular formula is C24H19Cl2NO5. The number of nitrogens with zero attached hydrogens (tertiary/aromatic N) is 1. The van der Waals surface area contributed by atoms with Gasteiger partial charge in [0.2, 0.25) is 0 Å². The summed E-state index contributed by atoms with van der Waals surface area (Å²) in [5.41, 5.74) is 1.35. The molecule has 1 fully saturated rings. The van der Waals surface area contributed by atoms with E-state index in [9.17, 15) is 14.7 Å². The summed E-state index contributed by atoms with van der Waals surface area (Å²) in [6.45, 7) is 3.63. The summed E-state index contributed by atoms with van der Waals surface area (Å²) in [4.78, 5) is 27.7. The Hall–Kier alpha value is -3.22. The maximum atomic E-state index is 13.2. The fourth-order valence-electron chi connectivity index (χ4n) is 3.83. The predicted molar refractivity (Wildman–Crippen MR) is 122 cm³/mol. The van der Waals surface area contributed by atoms with Crippen LogP contribution in [-0.4, -0.2) is 23.9 Å². The van der Waals surface area contributed by atoms with Gasteiger partial charge in [0, 0.05) is 10.7 Å². The molecule has 8 heteroatoms. The quantitative estimate of drug-likeness (QED) is 0.293. The van der Waals surface area contributed by atoms with Crippen molar-refractivity contribution in [3.8, 4) is 5.75 Å². The number of aliphatic hydroxyl groups excluding tert-OH is 1. The number of furan rings is 1. The van der Waals surface area contributed by atoms with Crippen LogP contribution in [0.2, 0.25) is 10.0 Å². The van der Waals surface area contributed by atoms with Crippen molar-refractivity contribution in [3.63, 3.8) is 0 Å². The Kier molecular flexibility index (Phi) is 5.75. The van der Waals surface area contributed by atoms with E-state index in [4.69, 9.17) is 32.4 Å². The summed E-state index contributed by atoms with van der Waals surface area (Å²) in [5, 5.41) is 11.7. The fraction of sp³-hybridized carbons (Fsp3) is 0.167. The van der Waals surface area contributed by atoms with Gasteiger partial charge < -0.3 is 14.3 Å². The van der Waals surface area contributed by atoms with E-state index >= 15 is 0 Å². The minimum atomic E-state index is -0.993. The van der Waals surface area contributed by atoms with Gasteiger partial charge in [-0.2, -0.15) is 0 Å². The third-order valence-electron chi connectivity index (χ3n) is 5.22. The second kappa shape index (κ2) is 8.37. The molecule has 1 aliphatic heterocycles. The molecule has 2 heterocycles. The van der Waals surface area contributed by atoms with Crippen LogP contribution in [-0.2, 0) is 9.59 Å². The van der Waals surface area contributed by atoms with Crippen LogP contribution in [0, 0.1) is 13.8 Å². The van der Waals surface area contributed by atoms with Crippen LogP contribution in [0.3, 0.4) is 0 Å². The molecule has 32 heavy (non-hydrogen) atoms. The van der Waals surface area contributed by atoms with E-state index in [-0.39, 0.29) is 26.9 Å². The molecule has 0 aliphatic carbocycles. The van der Waals surface area contributed by atoms with Gasteiger partial charge in [-0.1, -0.05) is 35.3 Å². The number of ketones is 1. The number of aryl methyl sites for hydroxylation is 2. The number of benzene rings is 2. The van der Waals surface area contributed by atoms with Crippen LogP contribution in [0.15, 0.2) is 58.5 Å². The second-order valence-electron chi connectivity index (χ2n) is 7.42. The summed E-state index contributed by atoms with van der Waals surface area (Å²) in [7, 11) is 1.38. The van der Waals surface area contributed by atoms with E-state index in [1.54, 1.807) is 37.3 Å². The largest absolute Gasteiger partial charge is 0.507 e. The summed E-state index contributed by atoms with van der Waals surface area (Å²) < 4.78 is 11.1. The lowest BCUT2D eigenvalue weighted by Crippen LogP contribution is -2.29. The number of hydrogen-bond acceptors (Lipinski definition) is 5. The molecule has 1 atom stereocenters. The number of halogens is 2. The molecule has 0 radical (unpaired) electrons. The smallest absolute Gasteiger partial charge is 0.300 e. The van der Waals surface area contributed by atoms with Crippen molar-refractivity contribution in [3.05, 3.63) is 86.8 Å². The van der Waals surface area contributed by atoms with E-state index in [0.29, 0.717) is 17.2 Å². The molecule has 3 aromatic rings. The fourth-order valence-corrected chi connectivity index (χ4v) is 4.41. The third-order valence-corrected chi connectivity index (χ3v) is 5.72. The van der Waals surface area contributed by atoms with Gasteiger partial charge in [-0.3, -0.25) is 14.5 Å². The molecule has 0 bridgehead atoms. The van der Waals surface area contributed by atoms with Gasteiger partial charge in [0.15, 0.2) is 0 Å². The van der Waals surface area contributed by atoms with Gasteiger partial charge in [0.05, 0.1) is 23.3 Å². The number of methoxy groups -OCH3 is 1. The number of carbonyl (C=O) groups excluding carboxylic acids is 2. The Labute approximate surface area is 194 Å². The first-order chi connectivity index (χ1) is 15.2. The van der Waals surface area contributed by atoms with Gasteiger partial charge in [0.25, 0.3) is 11.7 Å². The monoisotopic (exact) mass is 471 g/mol. The predicted octanol–water partition coefficient (Wildman–Crippen LogP) is 5.84. The van der Waals surface area contributed by atoms with Gasteiger partial charge in [-0.05, 0) is 55.8 Å². The highest BCUT2D eigenvalue weighted by Gasteiger charge is 2.48. The molecule has 164 valence electrons. The first-order valence-corrected chi connectivity index (χ1v) is 10.5. The molecule has 2 aromatic carbocycles. The minimum absolute atomic E-state index is 0.0977. The van der Waals surface area contributed by atoms with Crippen molar-refractivity contribution in [2.45, 2.75) is 19.9 Å². The maximum absolute atomic E-state index is 13.2. The standard InChI is InChI=1S/C24H19Cl2NO5/c1-12-5-4-6-15(9-12)27-20(18-8-7-13(2)32-18)19(22(29)24(27)30)21(28)16-10-14(25)11-17(26)23(16)31-3/h4-11,20,28H,1-3H3/b21-19+. The number of rotatable bonds is 4. The van der Waals surface area contributed by atoms with Crippen molar-refractivity contribution in [1.82, 2.24) is 0 Å². The summed E-state index contributed by atoms with van der Waals surface area (Å²) in [6.07, 6.45) is 0. The highest BCUT2D eigenvalue weighted by Crippen LogP contribution is 2.45. The van der Waals surface area contributed by atoms with Crippen molar-refractivity contribution in [2.75, 3.05) is 12.0 Å². The van der Waals surface area contributed by atoms with Crippen LogP contribution >= 0.6 is 23.2 Å². The van der Waals surface area contributed by atoms with Crippen molar-refractivity contribution in [2.24, 2.45) is 0 Å². The second-order valence-corrected chi connectivity index (χ2v) is 8.27.